The Morgan fingerprint density at radius 2 is 1.65 bits per heavy atom. The minimum atomic E-state index is -0.850. The third kappa shape index (κ3) is 5.33. The fraction of sp³-hybridized carbons (Fsp3) is 0.207. The van der Waals surface area contributed by atoms with Crippen molar-refractivity contribution in [3.63, 3.8) is 0 Å². The zero-order valence-corrected chi connectivity index (χ0v) is 20.9. The standard InChI is InChI=1S/C29H28N4O4/c1-4-24(28(36)30-20-12-10-11-19(17-20)18(3)34)33-25-16-9-8-15-23(25)32-27(29(33)37)21-13-6-7-14-22(21)31-26(35)5-2/h6-17,24H,4-5H2,1-3H3,(H,30,36)(H,31,35)/t24-/m0/s1. The van der Waals surface area contributed by atoms with Gasteiger partial charge in [-0.05, 0) is 43.7 Å². The summed E-state index contributed by atoms with van der Waals surface area (Å²) in [4.78, 5) is 56.0. The average molecular weight is 497 g/mol. The highest BCUT2D eigenvalue weighted by Gasteiger charge is 2.25. The highest BCUT2D eigenvalue weighted by molar-refractivity contribution is 5.99. The Hall–Kier alpha value is -4.59. The number of para-hydroxylation sites is 3. The molecule has 8 nitrogen and oxygen atoms in total. The molecule has 37 heavy (non-hydrogen) atoms. The first-order chi connectivity index (χ1) is 17.8. The Morgan fingerprint density at radius 3 is 2.38 bits per heavy atom. The first-order valence-electron chi connectivity index (χ1n) is 12.2. The number of fused-ring (bicyclic) bond motifs is 1. The molecule has 2 N–H and O–H groups in total. The molecule has 2 amide bonds. The van der Waals surface area contributed by atoms with Crippen LogP contribution in [0, 0.1) is 0 Å². The van der Waals surface area contributed by atoms with E-state index in [9.17, 15) is 19.2 Å². The lowest BCUT2D eigenvalue weighted by Crippen LogP contribution is -2.34. The second kappa shape index (κ2) is 11.0. The molecule has 0 fully saturated rings. The van der Waals surface area contributed by atoms with Gasteiger partial charge in [0.2, 0.25) is 11.8 Å². The number of nitrogens with zero attached hydrogens (tertiary/aromatic N) is 2. The largest absolute Gasteiger partial charge is 0.325 e. The van der Waals surface area contributed by atoms with E-state index in [2.05, 4.69) is 15.6 Å². The number of amides is 2. The third-order valence-corrected chi connectivity index (χ3v) is 6.11. The zero-order chi connectivity index (χ0) is 26.5. The smallest absolute Gasteiger partial charge is 0.278 e. The fourth-order valence-electron chi connectivity index (χ4n) is 4.20. The number of hydrogen-bond acceptors (Lipinski definition) is 5. The summed E-state index contributed by atoms with van der Waals surface area (Å²) < 4.78 is 1.46. The summed E-state index contributed by atoms with van der Waals surface area (Å²) in [6.07, 6.45) is 0.617. The Morgan fingerprint density at radius 1 is 0.919 bits per heavy atom. The van der Waals surface area contributed by atoms with E-state index in [-0.39, 0.29) is 29.7 Å². The van der Waals surface area contributed by atoms with Crippen molar-refractivity contribution in [1.29, 1.82) is 0 Å². The molecule has 8 heteroatoms. The molecule has 1 heterocycles. The number of carbonyl (C=O) groups excluding carboxylic acids is 3. The van der Waals surface area contributed by atoms with Crippen molar-refractivity contribution in [2.24, 2.45) is 0 Å². The topological polar surface area (TPSA) is 110 Å². The normalized spacial score (nSPS) is 11.6. The molecular weight excluding hydrogens is 468 g/mol. The summed E-state index contributed by atoms with van der Waals surface area (Å²) in [7, 11) is 0. The Labute approximate surface area is 214 Å². The van der Waals surface area contributed by atoms with Gasteiger partial charge in [-0.3, -0.25) is 23.7 Å². The molecule has 0 aliphatic carbocycles. The quantitative estimate of drug-likeness (QED) is 0.326. The van der Waals surface area contributed by atoms with Crippen LogP contribution in [-0.2, 0) is 9.59 Å². The first-order valence-corrected chi connectivity index (χ1v) is 12.2. The second-order valence-corrected chi connectivity index (χ2v) is 8.62. The molecular formula is C29H28N4O4. The predicted molar refractivity (Wildman–Crippen MR) is 145 cm³/mol. The summed E-state index contributed by atoms with van der Waals surface area (Å²) in [6.45, 7) is 5.03. The van der Waals surface area contributed by atoms with Crippen LogP contribution in [0.25, 0.3) is 22.3 Å². The van der Waals surface area contributed by atoms with Gasteiger partial charge in [-0.15, -0.1) is 0 Å². The van der Waals surface area contributed by atoms with Gasteiger partial charge in [0.25, 0.3) is 5.56 Å². The number of Topliss-reactive ketones (excluding diaryl/α,β-unsaturated/α-hetero) is 1. The lowest BCUT2D eigenvalue weighted by atomic mass is 10.1. The minimum absolute atomic E-state index is 0.113. The van der Waals surface area contributed by atoms with Crippen LogP contribution in [-0.4, -0.2) is 27.1 Å². The molecule has 1 aromatic heterocycles. The molecule has 0 spiro atoms. The van der Waals surface area contributed by atoms with Gasteiger partial charge in [-0.2, -0.15) is 0 Å². The average Bonchev–Trinajstić information content (AvgIpc) is 2.90. The number of rotatable bonds is 8. The van der Waals surface area contributed by atoms with Crippen molar-refractivity contribution in [1.82, 2.24) is 9.55 Å². The van der Waals surface area contributed by atoms with Gasteiger partial charge < -0.3 is 10.6 Å². The van der Waals surface area contributed by atoms with Crippen LogP contribution in [0.2, 0.25) is 0 Å². The number of hydrogen-bond donors (Lipinski definition) is 2. The number of ketones is 1. The van der Waals surface area contributed by atoms with Gasteiger partial charge in [-0.25, -0.2) is 4.98 Å². The van der Waals surface area contributed by atoms with E-state index >= 15 is 0 Å². The molecule has 0 radical (unpaired) electrons. The summed E-state index contributed by atoms with van der Waals surface area (Å²) in [6, 6.07) is 19.9. The van der Waals surface area contributed by atoms with E-state index in [1.165, 1.54) is 11.5 Å². The zero-order valence-electron chi connectivity index (χ0n) is 20.9. The van der Waals surface area contributed by atoms with Gasteiger partial charge in [0.1, 0.15) is 11.7 Å². The number of anilines is 2. The van der Waals surface area contributed by atoms with Gasteiger partial charge in [0, 0.05) is 23.2 Å². The number of carbonyl (C=O) groups is 3. The summed E-state index contributed by atoms with van der Waals surface area (Å²) >= 11 is 0. The van der Waals surface area contributed by atoms with Crippen molar-refractivity contribution in [3.05, 3.63) is 88.7 Å². The first kappa shape index (κ1) is 25.5. The molecule has 1 atom stereocenters. The Balaban J connectivity index is 1.85. The van der Waals surface area contributed by atoms with Crippen LogP contribution in [0.4, 0.5) is 11.4 Å². The predicted octanol–water partition coefficient (Wildman–Crippen LogP) is 5.20. The fourth-order valence-corrected chi connectivity index (χ4v) is 4.20. The van der Waals surface area contributed by atoms with Crippen LogP contribution in [0.3, 0.4) is 0 Å². The monoisotopic (exact) mass is 496 g/mol. The number of aromatic nitrogens is 2. The lowest BCUT2D eigenvalue weighted by Gasteiger charge is -2.21. The molecule has 188 valence electrons. The van der Waals surface area contributed by atoms with E-state index < -0.39 is 11.6 Å². The SMILES string of the molecule is CCC(=O)Nc1ccccc1-c1nc2ccccc2n([C@@H](CC)C(=O)Nc2cccc(C(C)=O)c2)c1=O. The molecule has 0 saturated carbocycles. The van der Waals surface area contributed by atoms with Crippen molar-refractivity contribution in [2.45, 2.75) is 39.7 Å². The van der Waals surface area contributed by atoms with Crippen LogP contribution >= 0.6 is 0 Å². The minimum Gasteiger partial charge on any atom is -0.325 e. The van der Waals surface area contributed by atoms with Crippen LogP contribution < -0.4 is 16.2 Å². The molecule has 4 rings (SSSR count). The van der Waals surface area contributed by atoms with Crippen LogP contribution in [0.1, 0.15) is 50.0 Å². The van der Waals surface area contributed by atoms with E-state index in [1.807, 2.05) is 13.0 Å². The molecule has 0 unspecified atom stereocenters. The summed E-state index contributed by atoms with van der Waals surface area (Å²) in [5.41, 5.74) is 2.63. The Kier molecular flexibility index (Phi) is 7.57. The highest BCUT2D eigenvalue weighted by Crippen LogP contribution is 2.28. The number of nitrogens with one attached hydrogen (secondary N) is 2. The van der Waals surface area contributed by atoms with Gasteiger partial charge >= 0.3 is 0 Å². The highest BCUT2D eigenvalue weighted by atomic mass is 16.2. The van der Waals surface area contributed by atoms with Crippen LogP contribution in [0.15, 0.2) is 77.6 Å². The molecule has 0 bridgehead atoms. The van der Waals surface area contributed by atoms with Gasteiger partial charge in [0.15, 0.2) is 5.78 Å². The maximum atomic E-state index is 14.0. The van der Waals surface area contributed by atoms with Crippen LogP contribution in [0.5, 0.6) is 0 Å². The summed E-state index contributed by atoms with van der Waals surface area (Å²) in [5.74, 6) is -0.690. The van der Waals surface area contributed by atoms with Gasteiger partial charge in [-0.1, -0.05) is 56.3 Å². The van der Waals surface area contributed by atoms with E-state index in [0.29, 0.717) is 40.0 Å². The molecule has 4 aromatic rings. The molecule has 0 aliphatic heterocycles. The van der Waals surface area contributed by atoms with Crippen molar-refractivity contribution in [2.75, 3.05) is 10.6 Å². The van der Waals surface area contributed by atoms with Crippen molar-refractivity contribution >= 4 is 40.0 Å². The summed E-state index contributed by atoms with van der Waals surface area (Å²) in [5, 5.41) is 5.69. The third-order valence-electron chi connectivity index (χ3n) is 6.11. The maximum Gasteiger partial charge on any atom is 0.278 e. The molecule has 0 saturated heterocycles. The Bertz CT molecular complexity index is 1560. The molecule has 3 aromatic carbocycles. The maximum absolute atomic E-state index is 14.0. The van der Waals surface area contributed by atoms with Crippen molar-refractivity contribution in [3.8, 4) is 11.3 Å². The second-order valence-electron chi connectivity index (χ2n) is 8.62. The van der Waals surface area contributed by atoms with Crippen molar-refractivity contribution < 1.29 is 14.4 Å². The van der Waals surface area contributed by atoms with E-state index in [0.717, 1.165) is 0 Å². The molecule has 0 aliphatic rings. The van der Waals surface area contributed by atoms with Gasteiger partial charge in [0.05, 0.1) is 16.7 Å². The number of benzene rings is 3. The lowest BCUT2D eigenvalue weighted by molar-refractivity contribution is -0.119. The van der Waals surface area contributed by atoms with E-state index in [1.54, 1.807) is 73.7 Å². The van der Waals surface area contributed by atoms with E-state index in [4.69, 9.17) is 0 Å².